The molecule has 0 fully saturated rings. The second kappa shape index (κ2) is 8.36. The molecule has 7 nitrogen and oxygen atoms in total. The lowest BCUT2D eigenvalue weighted by atomic mass is 9.93. The van der Waals surface area contributed by atoms with E-state index in [1.54, 1.807) is 12.1 Å². The number of hydrogen-bond acceptors (Lipinski definition) is 5. The quantitative estimate of drug-likeness (QED) is 0.602. The topological polar surface area (TPSA) is 84.9 Å². The molecule has 0 atom stereocenters. The minimum Gasteiger partial charge on any atom is -0.486 e. The fourth-order valence-corrected chi connectivity index (χ4v) is 5.89. The van der Waals surface area contributed by atoms with E-state index in [0.717, 1.165) is 11.1 Å². The van der Waals surface area contributed by atoms with E-state index in [1.807, 2.05) is 56.3 Å². The number of sulfonamides is 1. The molecular weight excluding hydrogens is 452 g/mol. The van der Waals surface area contributed by atoms with Crippen LogP contribution in [0.25, 0.3) is 0 Å². The molecule has 3 aromatic carbocycles. The fraction of sp³-hybridized carbons (Fsp3) is 0.269. The van der Waals surface area contributed by atoms with Gasteiger partial charge in [0.05, 0.1) is 16.1 Å². The number of nitrogens with zero attached hydrogens (tertiary/aromatic N) is 1. The van der Waals surface area contributed by atoms with Gasteiger partial charge < -0.3 is 14.8 Å². The molecule has 1 amide bonds. The van der Waals surface area contributed by atoms with Crippen LogP contribution >= 0.6 is 0 Å². The summed E-state index contributed by atoms with van der Waals surface area (Å²) in [6.07, 6.45) is 0.666. The van der Waals surface area contributed by atoms with Crippen molar-refractivity contribution in [1.82, 2.24) is 5.32 Å². The van der Waals surface area contributed by atoms with Gasteiger partial charge in [0.15, 0.2) is 11.5 Å². The van der Waals surface area contributed by atoms with Crippen molar-refractivity contribution in [2.24, 2.45) is 0 Å². The van der Waals surface area contributed by atoms with Crippen LogP contribution in [0.5, 0.6) is 11.5 Å². The molecule has 0 spiro atoms. The molecule has 0 bridgehead atoms. The highest BCUT2D eigenvalue weighted by molar-refractivity contribution is 7.92. The number of anilines is 1. The van der Waals surface area contributed by atoms with Crippen molar-refractivity contribution >= 4 is 21.6 Å². The molecule has 2 aliphatic rings. The van der Waals surface area contributed by atoms with E-state index in [1.165, 1.54) is 16.4 Å². The molecule has 5 rings (SSSR count). The normalized spacial score (nSPS) is 15.1. The molecule has 2 aliphatic heterocycles. The number of nitrogens with one attached hydrogen (secondary N) is 1. The zero-order valence-corrected chi connectivity index (χ0v) is 19.9. The van der Waals surface area contributed by atoms with Crippen LogP contribution in [0.3, 0.4) is 0 Å². The molecule has 0 aliphatic carbocycles. The number of hydrogen-bond donors (Lipinski definition) is 1. The first-order valence-corrected chi connectivity index (χ1v) is 12.6. The Bertz CT molecular complexity index is 1370. The Labute approximate surface area is 199 Å². The minimum atomic E-state index is -3.79. The average molecular weight is 479 g/mol. The van der Waals surface area contributed by atoms with E-state index >= 15 is 0 Å². The summed E-state index contributed by atoms with van der Waals surface area (Å²) in [6, 6.07) is 19.2. The summed E-state index contributed by atoms with van der Waals surface area (Å²) >= 11 is 0. The predicted octanol–water partition coefficient (Wildman–Crippen LogP) is 3.87. The maximum atomic E-state index is 13.4. The standard InChI is InChI=1S/C26H26N2O5S/c1-26(2,20-10-11-23-24(17-20)33-15-14-32-23)27-25(29)19-7-5-8-21(16-19)34(30,31)28-13-12-18-6-3-4-9-22(18)28/h3-11,16-17H,12-15H2,1-2H3,(H,27,29). The SMILES string of the molecule is CC(C)(NC(=O)c1cccc(S(=O)(=O)N2CCc3ccccc32)c1)c1ccc2c(c1)OCCO2. The fourth-order valence-electron chi connectivity index (χ4n) is 4.34. The van der Waals surface area contributed by atoms with Gasteiger partial charge in [-0.2, -0.15) is 0 Å². The molecule has 0 saturated heterocycles. The van der Waals surface area contributed by atoms with E-state index in [9.17, 15) is 13.2 Å². The summed E-state index contributed by atoms with van der Waals surface area (Å²) in [5.41, 5.74) is 2.09. The average Bonchev–Trinajstić information content (AvgIpc) is 3.29. The van der Waals surface area contributed by atoms with E-state index in [-0.39, 0.29) is 16.4 Å². The lowest BCUT2D eigenvalue weighted by molar-refractivity contribution is 0.0911. The number of benzene rings is 3. The van der Waals surface area contributed by atoms with Crippen molar-refractivity contribution in [2.45, 2.75) is 30.7 Å². The van der Waals surface area contributed by atoms with Crippen molar-refractivity contribution in [3.8, 4) is 11.5 Å². The summed E-state index contributed by atoms with van der Waals surface area (Å²) in [6.45, 7) is 5.14. The minimum absolute atomic E-state index is 0.0917. The molecule has 0 aromatic heterocycles. The van der Waals surface area contributed by atoms with Gasteiger partial charge in [0.25, 0.3) is 15.9 Å². The monoisotopic (exact) mass is 478 g/mol. The van der Waals surface area contributed by atoms with Gasteiger partial charge in [-0.1, -0.05) is 30.3 Å². The highest BCUT2D eigenvalue weighted by Crippen LogP contribution is 2.35. The Morgan fingerprint density at radius 1 is 0.941 bits per heavy atom. The maximum absolute atomic E-state index is 13.4. The van der Waals surface area contributed by atoms with Crippen molar-refractivity contribution < 1.29 is 22.7 Å². The third-order valence-corrected chi connectivity index (χ3v) is 8.03. The summed E-state index contributed by atoms with van der Waals surface area (Å²) < 4.78 is 39.4. The summed E-state index contributed by atoms with van der Waals surface area (Å²) in [5, 5.41) is 3.02. The van der Waals surface area contributed by atoms with Crippen molar-refractivity contribution in [1.29, 1.82) is 0 Å². The zero-order valence-electron chi connectivity index (χ0n) is 19.1. The number of amides is 1. The molecule has 0 radical (unpaired) electrons. The predicted molar refractivity (Wildman–Crippen MR) is 129 cm³/mol. The van der Waals surface area contributed by atoms with Crippen LogP contribution in [0.15, 0.2) is 71.6 Å². The molecule has 0 saturated carbocycles. The Hall–Kier alpha value is -3.52. The number of rotatable bonds is 5. The van der Waals surface area contributed by atoms with Crippen LogP contribution in [0.1, 0.15) is 35.3 Å². The van der Waals surface area contributed by atoms with E-state index in [4.69, 9.17) is 9.47 Å². The van der Waals surface area contributed by atoms with Crippen molar-refractivity contribution in [3.63, 3.8) is 0 Å². The molecule has 2 heterocycles. The molecule has 176 valence electrons. The Balaban J connectivity index is 1.39. The first-order chi connectivity index (χ1) is 16.3. The third kappa shape index (κ3) is 3.98. The second-order valence-corrected chi connectivity index (χ2v) is 10.8. The lowest BCUT2D eigenvalue weighted by Gasteiger charge is -2.29. The molecule has 0 unspecified atom stereocenters. The van der Waals surface area contributed by atoms with Crippen LogP contribution in [0.4, 0.5) is 5.69 Å². The zero-order chi connectivity index (χ0) is 23.9. The van der Waals surface area contributed by atoms with Gasteiger partial charge in [-0.25, -0.2) is 8.42 Å². The van der Waals surface area contributed by atoms with Crippen molar-refractivity contribution in [2.75, 3.05) is 24.1 Å². The van der Waals surface area contributed by atoms with E-state index < -0.39 is 15.6 Å². The van der Waals surface area contributed by atoms with E-state index in [0.29, 0.717) is 43.4 Å². The van der Waals surface area contributed by atoms with Gasteiger partial charge in [0, 0.05) is 12.1 Å². The number of ether oxygens (including phenoxy) is 2. The summed E-state index contributed by atoms with van der Waals surface area (Å²) in [7, 11) is -3.79. The number of carbonyl (C=O) groups is 1. The van der Waals surface area contributed by atoms with Gasteiger partial charge in [0.1, 0.15) is 13.2 Å². The Morgan fingerprint density at radius 2 is 1.71 bits per heavy atom. The largest absolute Gasteiger partial charge is 0.486 e. The molecule has 8 heteroatoms. The van der Waals surface area contributed by atoms with Crippen LogP contribution in [0, 0.1) is 0 Å². The highest BCUT2D eigenvalue weighted by atomic mass is 32.2. The smallest absolute Gasteiger partial charge is 0.264 e. The Morgan fingerprint density at radius 3 is 2.53 bits per heavy atom. The van der Waals surface area contributed by atoms with Crippen LogP contribution in [-0.4, -0.2) is 34.1 Å². The Kier molecular flexibility index (Phi) is 5.48. The van der Waals surface area contributed by atoms with E-state index in [2.05, 4.69) is 5.32 Å². The summed E-state index contributed by atoms with van der Waals surface area (Å²) in [5.74, 6) is 0.961. The first kappa shape index (κ1) is 22.3. The van der Waals surface area contributed by atoms with Gasteiger partial charge >= 0.3 is 0 Å². The molecule has 34 heavy (non-hydrogen) atoms. The van der Waals surface area contributed by atoms with Crippen LogP contribution < -0.4 is 19.1 Å². The van der Waals surface area contributed by atoms with Crippen LogP contribution in [0.2, 0.25) is 0 Å². The molecule has 1 N–H and O–H groups in total. The maximum Gasteiger partial charge on any atom is 0.264 e. The van der Waals surface area contributed by atoms with Crippen LogP contribution in [-0.2, 0) is 22.0 Å². The highest BCUT2D eigenvalue weighted by Gasteiger charge is 2.31. The van der Waals surface area contributed by atoms with Gasteiger partial charge in [-0.3, -0.25) is 9.10 Å². The first-order valence-electron chi connectivity index (χ1n) is 11.2. The van der Waals surface area contributed by atoms with Crippen molar-refractivity contribution in [3.05, 3.63) is 83.4 Å². The number of para-hydroxylation sites is 1. The second-order valence-electron chi connectivity index (χ2n) is 8.92. The lowest BCUT2D eigenvalue weighted by Crippen LogP contribution is -2.41. The third-order valence-electron chi connectivity index (χ3n) is 6.22. The van der Waals surface area contributed by atoms with Gasteiger partial charge in [0.2, 0.25) is 0 Å². The van der Waals surface area contributed by atoms with Gasteiger partial charge in [-0.15, -0.1) is 0 Å². The number of carbonyl (C=O) groups excluding carboxylic acids is 1. The van der Waals surface area contributed by atoms with Gasteiger partial charge in [-0.05, 0) is 67.8 Å². The molecule has 3 aromatic rings. The molecular formula is C26H26N2O5S. The summed E-state index contributed by atoms with van der Waals surface area (Å²) in [4.78, 5) is 13.2. The number of fused-ring (bicyclic) bond motifs is 2.